The molecule has 1 aromatic carbocycles. The van der Waals surface area contributed by atoms with Crippen molar-refractivity contribution in [2.24, 2.45) is 5.92 Å². The first kappa shape index (κ1) is 19.3. The number of pyridine rings is 1. The third-order valence-electron chi connectivity index (χ3n) is 3.66. The Hall–Kier alpha value is -3.03. The van der Waals surface area contributed by atoms with E-state index >= 15 is 0 Å². The number of aromatic nitrogens is 1. The molecule has 0 radical (unpaired) electrons. The zero-order valence-corrected chi connectivity index (χ0v) is 14.5. The Bertz CT molecular complexity index is 838. The Balaban J connectivity index is 2.04. The summed E-state index contributed by atoms with van der Waals surface area (Å²) >= 11 is 0. The summed E-state index contributed by atoms with van der Waals surface area (Å²) in [7, 11) is 0. The lowest BCUT2D eigenvalue weighted by molar-refractivity contribution is -0.142. The third-order valence-corrected chi connectivity index (χ3v) is 3.66. The summed E-state index contributed by atoms with van der Waals surface area (Å²) in [6.07, 6.45) is 1.75. The summed E-state index contributed by atoms with van der Waals surface area (Å²) in [5, 5.41) is 14.3. The SMILES string of the molecule is CC(C)C[C@H](NC(=O)CNC(=O)c1cc(F)cc2cccnc12)C(=O)O. The molecule has 2 aromatic rings. The highest BCUT2D eigenvalue weighted by atomic mass is 19.1. The Labute approximate surface area is 149 Å². The predicted octanol–water partition coefficient (Wildman–Crippen LogP) is 1.72. The van der Waals surface area contributed by atoms with Gasteiger partial charge in [-0.2, -0.15) is 0 Å². The van der Waals surface area contributed by atoms with Gasteiger partial charge in [-0.1, -0.05) is 19.9 Å². The third kappa shape index (κ3) is 4.98. The van der Waals surface area contributed by atoms with Crippen LogP contribution >= 0.6 is 0 Å². The van der Waals surface area contributed by atoms with E-state index in [4.69, 9.17) is 5.11 Å². The van der Waals surface area contributed by atoms with E-state index < -0.39 is 36.2 Å². The summed E-state index contributed by atoms with van der Waals surface area (Å²) in [5.41, 5.74) is 0.320. The van der Waals surface area contributed by atoms with Crippen molar-refractivity contribution in [3.05, 3.63) is 41.8 Å². The first-order valence-corrected chi connectivity index (χ1v) is 8.12. The summed E-state index contributed by atoms with van der Waals surface area (Å²) in [6.45, 7) is 3.25. The average Bonchev–Trinajstić information content (AvgIpc) is 2.57. The predicted molar refractivity (Wildman–Crippen MR) is 93.1 cm³/mol. The van der Waals surface area contributed by atoms with Crippen LogP contribution in [0.1, 0.15) is 30.6 Å². The molecule has 2 amide bonds. The normalized spacial score (nSPS) is 12.0. The quantitative estimate of drug-likeness (QED) is 0.696. The minimum atomic E-state index is -1.14. The van der Waals surface area contributed by atoms with Gasteiger partial charge in [0.25, 0.3) is 5.91 Å². The van der Waals surface area contributed by atoms with E-state index in [0.717, 1.165) is 6.07 Å². The van der Waals surface area contributed by atoms with Crippen LogP contribution in [0.3, 0.4) is 0 Å². The van der Waals surface area contributed by atoms with Crippen LogP contribution in [0.4, 0.5) is 4.39 Å². The van der Waals surface area contributed by atoms with E-state index in [-0.39, 0.29) is 17.9 Å². The van der Waals surface area contributed by atoms with Gasteiger partial charge in [-0.25, -0.2) is 9.18 Å². The number of aliphatic carboxylic acids is 1. The van der Waals surface area contributed by atoms with Gasteiger partial charge in [0.2, 0.25) is 5.91 Å². The van der Waals surface area contributed by atoms with Crippen molar-refractivity contribution in [2.75, 3.05) is 6.54 Å². The molecule has 0 saturated carbocycles. The maximum Gasteiger partial charge on any atom is 0.326 e. The highest BCUT2D eigenvalue weighted by Gasteiger charge is 2.21. The van der Waals surface area contributed by atoms with Crippen LogP contribution in [0, 0.1) is 11.7 Å². The molecule has 26 heavy (non-hydrogen) atoms. The summed E-state index contributed by atoms with van der Waals surface area (Å²) < 4.78 is 13.7. The van der Waals surface area contributed by atoms with Gasteiger partial charge in [-0.15, -0.1) is 0 Å². The van der Waals surface area contributed by atoms with E-state index in [2.05, 4.69) is 15.6 Å². The standard InChI is InChI=1S/C18H20FN3O4/c1-10(2)6-14(18(25)26)22-15(23)9-21-17(24)13-8-12(19)7-11-4-3-5-20-16(11)13/h3-5,7-8,10,14H,6,9H2,1-2H3,(H,21,24)(H,22,23)(H,25,26)/t14-/m0/s1. The number of hydrogen-bond acceptors (Lipinski definition) is 4. The van der Waals surface area contributed by atoms with Crippen LogP contribution in [-0.2, 0) is 9.59 Å². The molecular formula is C18H20FN3O4. The van der Waals surface area contributed by atoms with Gasteiger partial charge >= 0.3 is 5.97 Å². The van der Waals surface area contributed by atoms with Crippen LogP contribution in [0.25, 0.3) is 10.9 Å². The molecule has 1 atom stereocenters. The Morgan fingerprint density at radius 2 is 2.00 bits per heavy atom. The molecule has 3 N–H and O–H groups in total. The minimum absolute atomic E-state index is 0.00497. The van der Waals surface area contributed by atoms with E-state index in [1.54, 1.807) is 12.1 Å². The Kier molecular flexibility index (Phi) is 6.21. The Morgan fingerprint density at radius 1 is 1.27 bits per heavy atom. The summed E-state index contributed by atoms with van der Waals surface area (Å²) in [5.74, 6) is -2.96. The van der Waals surface area contributed by atoms with Crippen molar-refractivity contribution in [1.82, 2.24) is 15.6 Å². The van der Waals surface area contributed by atoms with Crippen molar-refractivity contribution >= 4 is 28.7 Å². The maximum absolute atomic E-state index is 13.7. The van der Waals surface area contributed by atoms with Crippen molar-refractivity contribution < 1.29 is 23.9 Å². The molecule has 0 bridgehead atoms. The fourth-order valence-corrected chi connectivity index (χ4v) is 2.52. The van der Waals surface area contributed by atoms with Crippen LogP contribution < -0.4 is 10.6 Å². The number of carboxylic acid groups (broad SMARTS) is 1. The van der Waals surface area contributed by atoms with Gasteiger partial charge < -0.3 is 15.7 Å². The van der Waals surface area contributed by atoms with E-state index in [1.807, 2.05) is 13.8 Å². The zero-order valence-electron chi connectivity index (χ0n) is 14.5. The number of hydrogen-bond donors (Lipinski definition) is 3. The van der Waals surface area contributed by atoms with Gasteiger partial charge in [0, 0.05) is 11.6 Å². The largest absolute Gasteiger partial charge is 0.480 e. The lowest BCUT2D eigenvalue weighted by atomic mass is 10.0. The fraction of sp³-hybridized carbons (Fsp3) is 0.333. The summed E-state index contributed by atoms with van der Waals surface area (Å²) in [6, 6.07) is 4.52. The number of nitrogens with zero attached hydrogens (tertiary/aromatic N) is 1. The molecule has 0 unspecified atom stereocenters. The molecule has 0 spiro atoms. The lowest BCUT2D eigenvalue weighted by Gasteiger charge is -2.16. The molecule has 0 aliphatic carbocycles. The van der Waals surface area contributed by atoms with Crippen molar-refractivity contribution in [1.29, 1.82) is 0 Å². The summed E-state index contributed by atoms with van der Waals surface area (Å²) in [4.78, 5) is 39.5. The zero-order chi connectivity index (χ0) is 19.3. The Morgan fingerprint density at radius 3 is 2.65 bits per heavy atom. The first-order valence-electron chi connectivity index (χ1n) is 8.12. The maximum atomic E-state index is 13.7. The average molecular weight is 361 g/mol. The van der Waals surface area contributed by atoms with Gasteiger partial charge in [-0.3, -0.25) is 14.6 Å². The number of nitrogens with one attached hydrogen (secondary N) is 2. The number of carbonyl (C=O) groups is 3. The number of amides is 2. The molecule has 0 aliphatic rings. The monoisotopic (exact) mass is 361 g/mol. The van der Waals surface area contributed by atoms with Crippen molar-refractivity contribution in [2.45, 2.75) is 26.3 Å². The van der Waals surface area contributed by atoms with Crippen LogP contribution in [-0.4, -0.2) is 40.5 Å². The van der Waals surface area contributed by atoms with E-state index in [9.17, 15) is 18.8 Å². The minimum Gasteiger partial charge on any atom is -0.480 e. The number of benzene rings is 1. The molecular weight excluding hydrogens is 341 g/mol. The number of carbonyl (C=O) groups excluding carboxylic acids is 2. The smallest absolute Gasteiger partial charge is 0.326 e. The number of fused-ring (bicyclic) bond motifs is 1. The topological polar surface area (TPSA) is 108 Å². The van der Waals surface area contributed by atoms with Gasteiger partial charge in [0.15, 0.2) is 0 Å². The second-order valence-corrected chi connectivity index (χ2v) is 6.30. The molecule has 8 heteroatoms. The second-order valence-electron chi connectivity index (χ2n) is 6.30. The van der Waals surface area contributed by atoms with Gasteiger partial charge in [0.05, 0.1) is 17.6 Å². The number of carboxylic acids is 1. The van der Waals surface area contributed by atoms with E-state index in [1.165, 1.54) is 12.3 Å². The van der Waals surface area contributed by atoms with Crippen LogP contribution in [0.15, 0.2) is 30.5 Å². The van der Waals surface area contributed by atoms with Gasteiger partial charge in [0.1, 0.15) is 11.9 Å². The first-order chi connectivity index (χ1) is 12.3. The highest BCUT2D eigenvalue weighted by Crippen LogP contribution is 2.18. The fourth-order valence-electron chi connectivity index (χ4n) is 2.52. The van der Waals surface area contributed by atoms with Gasteiger partial charge in [-0.05, 0) is 30.5 Å². The molecule has 1 aromatic heterocycles. The molecule has 1 heterocycles. The van der Waals surface area contributed by atoms with Crippen molar-refractivity contribution in [3.8, 4) is 0 Å². The second kappa shape index (κ2) is 8.37. The molecule has 0 saturated heterocycles. The molecule has 138 valence electrons. The number of halogens is 1. The molecule has 2 rings (SSSR count). The van der Waals surface area contributed by atoms with E-state index in [0.29, 0.717) is 10.9 Å². The molecule has 0 fully saturated rings. The molecule has 0 aliphatic heterocycles. The highest BCUT2D eigenvalue weighted by molar-refractivity contribution is 6.06. The number of rotatable bonds is 7. The van der Waals surface area contributed by atoms with Crippen molar-refractivity contribution in [3.63, 3.8) is 0 Å². The van der Waals surface area contributed by atoms with Crippen LogP contribution in [0.2, 0.25) is 0 Å². The van der Waals surface area contributed by atoms with Crippen LogP contribution in [0.5, 0.6) is 0 Å². The lowest BCUT2D eigenvalue weighted by Crippen LogP contribution is -2.46. The molecule has 7 nitrogen and oxygen atoms in total.